The Kier molecular flexibility index (Phi) is 4.82. The van der Waals surface area contributed by atoms with Gasteiger partial charge in [0.15, 0.2) is 0 Å². The Morgan fingerprint density at radius 3 is 2.67 bits per heavy atom. The number of nitrogens with one attached hydrogen (secondary N) is 2. The predicted molar refractivity (Wildman–Crippen MR) is 95.6 cm³/mol. The number of benzene rings is 2. The first kappa shape index (κ1) is 16.1. The summed E-state index contributed by atoms with van der Waals surface area (Å²) in [6.07, 6.45) is 3.49. The SMILES string of the molecule is Cc1ccc(CNC(=O)Nc2ccc(-n3cccn3)c(Cl)c2)cc1. The van der Waals surface area contributed by atoms with Crippen LogP contribution in [0.4, 0.5) is 10.5 Å². The summed E-state index contributed by atoms with van der Waals surface area (Å²) in [7, 11) is 0. The van der Waals surface area contributed by atoms with Crippen LogP contribution in [0.25, 0.3) is 5.69 Å². The summed E-state index contributed by atoms with van der Waals surface area (Å²) in [5.74, 6) is 0. The molecule has 122 valence electrons. The van der Waals surface area contributed by atoms with E-state index in [9.17, 15) is 4.79 Å². The predicted octanol–water partition coefficient (Wildman–Crippen LogP) is 4.16. The van der Waals surface area contributed by atoms with Gasteiger partial charge in [-0.1, -0.05) is 41.4 Å². The van der Waals surface area contributed by atoms with E-state index >= 15 is 0 Å². The van der Waals surface area contributed by atoms with Crippen LogP contribution in [0.2, 0.25) is 5.02 Å². The van der Waals surface area contributed by atoms with Crippen molar-refractivity contribution in [2.75, 3.05) is 5.32 Å². The maximum atomic E-state index is 12.0. The number of aromatic nitrogens is 2. The molecule has 0 unspecified atom stereocenters. The van der Waals surface area contributed by atoms with Gasteiger partial charge in [0, 0.05) is 24.6 Å². The number of amides is 2. The number of nitrogens with zero attached hydrogens (tertiary/aromatic N) is 2. The first-order valence-corrected chi connectivity index (χ1v) is 7.89. The number of anilines is 1. The minimum Gasteiger partial charge on any atom is -0.334 e. The quantitative estimate of drug-likeness (QED) is 0.749. The minimum atomic E-state index is -0.279. The molecular formula is C18H17ClN4O. The minimum absolute atomic E-state index is 0.279. The van der Waals surface area contributed by atoms with Crippen LogP contribution >= 0.6 is 11.6 Å². The van der Waals surface area contributed by atoms with Gasteiger partial charge in [-0.15, -0.1) is 0 Å². The molecule has 0 fully saturated rings. The van der Waals surface area contributed by atoms with Crippen LogP contribution in [0.1, 0.15) is 11.1 Å². The second-order valence-electron chi connectivity index (χ2n) is 5.41. The highest BCUT2D eigenvalue weighted by Gasteiger charge is 2.07. The Morgan fingerprint density at radius 1 is 1.21 bits per heavy atom. The fraction of sp³-hybridized carbons (Fsp3) is 0.111. The monoisotopic (exact) mass is 340 g/mol. The molecule has 2 amide bonds. The van der Waals surface area contributed by atoms with E-state index in [4.69, 9.17) is 11.6 Å². The van der Waals surface area contributed by atoms with Gasteiger partial charge in [0.25, 0.3) is 0 Å². The lowest BCUT2D eigenvalue weighted by Crippen LogP contribution is -2.28. The highest BCUT2D eigenvalue weighted by Crippen LogP contribution is 2.23. The van der Waals surface area contributed by atoms with Crippen LogP contribution in [0, 0.1) is 6.92 Å². The van der Waals surface area contributed by atoms with Gasteiger partial charge >= 0.3 is 6.03 Å². The lowest BCUT2D eigenvalue weighted by Gasteiger charge is -2.10. The summed E-state index contributed by atoms with van der Waals surface area (Å²) >= 11 is 6.26. The van der Waals surface area contributed by atoms with E-state index in [1.165, 1.54) is 5.56 Å². The van der Waals surface area contributed by atoms with E-state index in [-0.39, 0.29) is 6.03 Å². The fourth-order valence-corrected chi connectivity index (χ4v) is 2.51. The molecule has 0 atom stereocenters. The molecule has 0 aliphatic carbocycles. The van der Waals surface area contributed by atoms with Crippen molar-refractivity contribution in [3.05, 3.63) is 77.1 Å². The van der Waals surface area contributed by atoms with E-state index in [0.717, 1.165) is 11.3 Å². The molecule has 3 aromatic rings. The molecule has 0 aliphatic rings. The standard InChI is InChI=1S/C18H17ClN4O/c1-13-3-5-14(6-4-13)12-20-18(24)22-15-7-8-17(16(19)11-15)23-10-2-9-21-23/h2-11H,12H2,1H3,(H2,20,22,24). The highest BCUT2D eigenvalue weighted by atomic mass is 35.5. The molecule has 0 aliphatic heterocycles. The Morgan fingerprint density at radius 2 is 2.00 bits per heavy atom. The zero-order valence-electron chi connectivity index (χ0n) is 13.2. The number of halogens is 1. The number of urea groups is 1. The third-order valence-corrected chi connectivity index (χ3v) is 3.83. The Balaban J connectivity index is 1.60. The summed E-state index contributed by atoms with van der Waals surface area (Å²) in [6.45, 7) is 2.49. The Bertz CT molecular complexity index is 829. The number of carbonyl (C=O) groups is 1. The van der Waals surface area contributed by atoms with Crippen molar-refractivity contribution in [3.63, 3.8) is 0 Å². The van der Waals surface area contributed by atoms with Gasteiger partial charge in [-0.25, -0.2) is 9.48 Å². The van der Waals surface area contributed by atoms with Crippen molar-refractivity contribution < 1.29 is 4.79 Å². The first-order valence-electron chi connectivity index (χ1n) is 7.52. The van der Waals surface area contributed by atoms with Gasteiger partial charge in [-0.05, 0) is 36.8 Å². The molecule has 6 heteroatoms. The van der Waals surface area contributed by atoms with E-state index < -0.39 is 0 Å². The number of carbonyl (C=O) groups excluding carboxylic acids is 1. The summed E-state index contributed by atoms with van der Waals surface area (Å²) in [4.78, 5) is 12.0. The zero-order chi connectivity index (χ0) is 16.9. The molecular weight excluding hydrogens is 324 g/mol. The molecule has 2 N–H and O–H groups in total. The largest absolute Gasteiger partial charge is 0.334 e. The molecule has 0 radical (unpaired) electrons. The smallest absolute Gasteiger partial charge is 0.319 e. The van der Waals surface area contributed by atoms with E-state index in [1.54, 1.807) is 23.0 Å². The summed E-state index contributed by atoms with van der Waals surface area (Å²) < 4.78 is 1.67. The van der Waals surface area contributed by atoms with E-state index in [2.05, 4.69) is 15.7 Å². The second-order valence-corrected chi connectivity index (χ2v) is 5.82. The van der Waals surface area contributed by atoms with Crippen molar-refractivity contribution in [1.29, 1.82) is 0 Å². The van der Waals surface area contributed by atoms with Gasteiger partial charge in [0.1, 0.15) is 0 Å². The molecule has 3 rings (SSSR count). The Hall–Kier alpha value is -2.79. The maximum absolute atomic E-state index is 12.0. The number of aryl methyl sites for hydroxylation is 1. The number of hydrogen-bond donors (Lipinski definition) is 2. The number of hydrogen-bond acceptors (Lipinski definition) is 2. The third kappa shape index (κ3) is 3.94. The molecule has 1 aromatic heterocycles. The summed E-state index contributed by atoms with van der Waals surface area (Å²) in [5, 5.41) is 10.2. The molecule has 0 bridgehead atoms. The fourth-order valence-electron chi connectivity index (χ4n) is 2.25. The van der Waals surface area contributed by atoms with Crippen LogP contribution in [-0.2, 0) is 6.54 Å². The van der Waals surface area contributed by atoms with Crippen LogP contribution in [0.15, 0.2) is 60.9 Å². The molecule has 0 saturated carbocycles. The third-order valence-electron chi connectivity index (χ3n) is 3.53. The summed E-state index contributed by atoms with van der Waals surface area (Å²) in [6, 6.07) is 14.9. The van der Waals surface area contributed by atoms with E-state index in [0.29, 0.717) is 17.3 Å². The van der Waals surface area contributed by atoms with Gasteiger partial charge in [-0.2, -0.15) is 5.10 Å². The number of rotatable bonds is 4. The molecule has 2 aromatic carbocycles. The molecule has 24 heavy (non-hydrogen) atoms. The van der Waals surface area contributed by atoms with Gasteiger partial charge in [0.05, 0.1) is 10.7 Å². The topological polar surface area (TPSA) is 59.0 Å². The van der Waals surface area contributed by atoms with Crippen molar-refractivity contribution in [3.8, 4) is 5.69 Å². The Labute approximate surface area is 145 Å². The van der Waals surface area contributed by atoms with Crippen molar-refractivity contribution in [1.82, 2.24) is 15.1 Å². The van der Waals surface area contributed by atoms with Gasteiger partial charge in [0.2, 0.25) is 0 Å². The van der Waals surface area contributed by atoms with Gasteiger partial charge < -0.3 is 10.6 Å². The van der Waals surface area contributed by atoms with Crippen molar-refractivity contribution in [2.24, 2.45) is 0 Å². The average molecular weight is 341 g/mol. The second kappa shape index (κ2) is 7.19. The first-order chi connectivity index (χ1) is 11.6. The van der Waals surface area contributed by atoms with Crippen LogP contribution in [0.5, 0.6) is 0 Å². The molecule has 0 saturated heterocycles. The summed E-state index contributed by atoms with van der Waals surface area (Å²) in [5.41, 5.74) is 3.61. The van der Waals surface area contributed by atoms with Gasteiger partial charge in [-0.3, -0.25) is 0 Å². The van der Waals surface area contributed by atoms with E-state index in [1.807, 2.05) is 49.5 Å². The van der Waals surface area contributed by atoms with Crippen LogP contribution in [0.3, 0.4) is 0 Å². The van der Waals surface area contributed by atoms with Crippen molar-refractivity contribution in [2.45, 2.75) is 13.5 Å². The lowest BCUT2D eigenvalue weighted by atomic mass is 10.1. The average Bonchev–Trinajstić information content (AvgIpc) is 3.09. The zero-order valence-corrected chi connectivity index (χ0v) is 13.9. The molecule has 5 nitrogen and oxygen atoms in total. The normalized spacial score (nSPS) is 10.4. The van der Waals surface area contributed by atoms with Crippen LogP contribution in [-0.4, -0.2) is 15.8 Å². The molecule has 0 spiro atoms. The van der Waals surface area contributed by atoms with Crippen molar-refractivity contribution >= 4 is 23.3 Å². The van der Waals surface area contributed by atoms with Crippen LogP contribution < -0.4 is 10.6 Å². The molecule has 1 heterocycles. The maximum Gasteiger partial charge on any atom is 0.319 e. The lowest BCUT2D eigenvalue weighted by molar-refractivity contribution is 0.251. The highest BCUT2D eigenvalue weighted by molar-refractivity contribution is 6.32.